The van der Waals surface area contributed by atoms with Crippen LogP contribution >= 0.6 is 0 Å². The normalized spacial score (nSPS) is 11.8. The van der Waals surface area contributed by atoms with Gasteiger partial charge in [0.2, 0.25) is 5.91 Å². The molecule has 110 valence electrons. The van der Waals surface area contributed by atoms with Crippen LogP contribution in [-0.4, -0.2) is 20.0 Å². The Morgan fingerprint density at radius 1 is 1.14 bits per heavy atom. The molecule has 0 unspecified atom stereocenters. The van der Waals surface area contributed by atoms with Crippen molar-refractivity contribution < 1.29 is 4.79 Å². The highest BCUT2D eigenvalue weighted by atomic mass is 16.2. The van der Waals surface area contributed by atoms with Gasteiger partial charge in [-0.2, -0.15) is 0 Å². The van der Waals surface area contributed by atoms with Gasteiger partial charge in [0.1, 0.15) is 6.04 Å². The van der Waals surface area contributed by atoms with Crippen LogP contribution in [0.1, 0.15) is 17.2 Å². The monoisotopic (exact) mass is 283 g/mol. The second-order valence-corrected chi connectivity index (χ2v) is 5.27. The summed E-state index contributed by atoms with van der Waals surface area (Å²) in [4.78, 5) is 14.3. The lowest BCUT2D eigenvalue weighted by atomic mass is 10.1. The van der Waals surface area contributed by atoms with E-state index in [0.29, 0.717) is 0 Å². The standard InChI is InChI=1S/C17H21N3O/c1-12-11-14(20(2)3)9-10-15(12)19-17(21)16(18)13-7-5-4-6-8-13/h4-11,16H,18H2,1-3H3,(H,19,21)/t16-/m0/s1. The zero-order chi connectivity index (χ0) is 15.4. The summed E-state index contributed by atoms with van der Waals surface area (Å²) in [5, 5.41) is 2.89. The van der Waals surface area contributed by atoms with E-state index in [-0.39, 0.29) is 5.91 Å². The molecule has 4 nitrogen and oxygen atoms in total. The summed E-state index contributed by atoms with van der Waals surface area (Å²) in [6.07, 6.45) is 0. The highest BCUT2D eigenvalue weighted by Crippen LogP contribution is 2.22. The molecule has 1 amide bonds. The number of anilines is 2. The Labute approximate surface area is 125 Å². The van der Waals surface area contributed by atoms with Crippen LogP contribution in [0, 0.1) is 6.92 Å². The number of carbonyl (C=O) groups excluding carboxylic acids is 1. The number of nitrogens with two attached hydrogens (primary N) is 1. The van der Waals surface area contributed by atoms with Crippen molar-refractivity contribution in [3.63, 3.8) is 0 Å². The molecule has 0 aliphatic rings. The number of rotatable bonds is 4. The molecule has 1 atom stereocenters. The Balaban J connectivity index is 2.13. The average molecular weight is 283 g/mol. The van der Waals surface area contributed by atoms with E-state index in [2.05, 4.69) is 5.32 Å². The molecule has 0 saturated carbocycles. The van der Waals surface area contributed by atoms with Gasteiger partial charge in [0.05, 0.1) is 0 Å². The molecule has 0 aliphatic heterocycles. The van der Waals surface area contributed by atoms with E-state index in [4.69, 9.17) is 5.73 Å². The van der Waals surface area contributed by atoms with E-state index in [1.165, 1.54) is 0 Å². The predicted molar refractivity (Wildman–Crippen MR) is 87.5 cm³/mol. The Kier molecular flexibility index (Phi) is 4.60. The van der Waals surface area contributed by atoms with Crippen molar-refractivity contribution in [1.82, 2.24) is 0 Å². The summed E-state index contributed by atoms with van der Waals surface area (Å²) in [5.74, 6) is -0.207. The number of nitrogens with zero attached hydrogens (tertiary/aromatic N) is 1. The smallest absolute Gasteiger partial charge is 0.245 e. The molecule has 0 bridgehead atoms. The summed E-state index contributed by atoms with van der Waals surface area (Å²) in [7, 11) is 3.97. The molecule has 0 saturated heterocycles. The Bertz CT molecular complexity index is 623. The first kappa shape index (κ1) is 15.1. The van der Waals surface area contributed by atoms with Crippen molar-refractivity contribution in [2.75, 3.05) is 24.3 Å². The fourth-order valence-electron chi connectivity index (χ4n) is 2.09. The molecule has 2 rings (SSSR count). The zero-order valence-corrected chi connectivity index (χ0v) is 12.6. The average Bonchev–Trinajstić information content (AvgIpc) is 2.49. The third-order valence-corrected chi connectivity index (χ3v) is 3.43. The van der Waals surface area contributed by atoms with Gasteiger partial charge in [-0.1, -0.05) is 30.3 Å². The quantitative estimate of drug-likeness (QED) is 0.907. The van der Waals surface area contributed by atoms with E-state index in [0.717, 1.165) is 22.5 Å². The molecule has 0 aromatic heterocycles. The molecule has 3 N–H and O–H groups in total. The second-order valence-electron chi connectivity index (χ2n) is 5.27. The molecule has 2 aromatic carbocycles. The topological polar surface area (TPSA) is 58.4 Å². The third kappa shape index (κ3) is 3.61. The fraction of sp³-hybridized carbons (Fsp3) is 0.235. The van der Waals surface area contributed by atoms with Crippen molar-refractivity contribution >= 4 is 17.3 Å². The number of aryl methyl sites for hydroxylation is 1. The van der Waals surface area contributed by atoms with Gasteiger partial charge < -0.3 is 16.0 Å². The zero-order valence-electron chi connectivity index (χ0n) is 12.6. The van der Waals surface area contributed by atoms with E-state index < -0.39 is 6.04 Å². The van der Waals surface area contributed by atoms with E-state index in [1.807, 2.05) is 74.4 Å². The number of benzene rings is 2. The summed E-state index contributed by atoms with van der Waals surface area (Å²) < 4.78 is 0. The van der Waals surface area contributed by atoms with Crippen molar-refractivity contribution in [1.29, 1.82) is 0 Å². The minimum Gasteiger partial charge on any atom is -0.378 e. The maximum atomic E-state index is 12.2. The Morgan fingerprint density at radius 3 is 2.38 bits per heavy atom. The minimum absolute atomic E-state index is 0.207. The molecule has 0 aliphatic carbocycles. The molecule has 0 spiro atoms. The Morgan fingerprint density at radius 2 is 1.81 bits per heavy atom. The summed E-state index contributed by atoms with van der Waals surface area (Å²) in [6, 6.07) is 14.6. The third-order valence-electron chi connectivity index (χ3n) is 3.43. The maximum Gasteiger partial charge on any atom is 0.245 e. The first-order chi connectivity index (χ1) is 9.99. The number of nitrogens with one attached hydrogen (secondary N) is 1. The van der Waals surface area contributed by atoms with Gasteiger partial charge in [0.15, 0.2) is 0 Å². The maximum absolute atomic E-state index is 12.2. The van der Waals surface area contributed by atoms with Gasteiger partial charge in [-0.15, -0.1) is 0 Å². The van der Waals surface area contributed by atoms with Crippen LogP contribution < -0.4 is 16.0 Å². The van der Waals surface area contributed by atoms with Crippen LogP contribution in [0.3, 0.4) is 0 Å². The first-order valence-electron chi connectivity index (χ1n) is 6.88. The van der Waals surface area contributed by atoms with Gasteiger partial charge in [-0.25, -0.2) is 0 Å². The summed E-state index contributed by atoms with van der Waals surface area (Å²) >= 11 is 0. The predicted octanol–water partition coefficient (Wildman–Crippen LogP) is 2.70. The Hall–Kier alpha value is -2.33. The molecule has 4 heteroatoms. The SMILES string of the molecule is Cc1cc(N(C)C)ccc1NC(=O)[C@@H](N)c1ccccc1. The van der Waals surface area contributed by atoms with Crippen LogP contribution in [0.4, 0.5) is 11.4 Å². The highest BCUT2D eigenvalue weighted by molar-refractivity contribution is 5.96. The molecule has 21 heavy (non-hydrogen) atoms. The van der Waals surface area contributed by atoms with Crippen molar-refractivity contribution in [2.24, 2.45) is 5.73 Å². The fourth-order valence-corrected chi connectivity index (χ4v) is 2.09. The lowest BCUT2D eigenvalue weighted by Crippen LogP contribution is -2.28. The second kappa shape index (κ2) is 6.41. The lowest BCUT2D eigenvalue weighted by molar-refractivity contribution is -0.117. The number of amides is 1. The highest BCUT2D eigenvalue weighted by Gasteiger charge is 2.16. The van der Waals surface area contributed by atoms with Crippen LogP contribution in [0.15, 0.2) is 48.5 Å². The van der Waals surface area contributed by atoms with Crippen molar-refractivity contribution in [3.8, 4) is 0 Å². The van der Waals surface area contributed by atoms with Crippen molar-refractivity contribution in [2.45, 2.75) is 13.0 Å². The van der Waals surface area contributed by atoms with Gasteiger partial charge in [0, 0.05) is 25.5 Å². The summed E-state index contributed by atoms with van der Waals surface area (Å²) in [5.41, 5.74) is 9.69. The first-order valence-corrected chi connectivity index (χ1v) is 6.88. The molecule has 0 radical (unpaired) electrons. The van der Waals surface area contributed by atoms with Crippen LogP contribution in [0.25, 0.3) is 0 Å². The van der Waals surface area contributed by atoms with Crippen LogP contribution in [-0.2, 0) is 4.79 Å². The van der Waals surface area contributed by atoms with E-state index in [9.17, 15) is 4.79 Å². The van der Waals surface area contributed by atoms with Gasteiger partial charge in [-0.05, 0) is 36.2 Å². The van der Waals surface area contributed by atoms with Crippen LogP contribution in [0.2, 0.25) is 0 Å². The molecule has 0 heterocycles. The molecular formula is C17H21N3O. The largest absolute Gasteiger partial charge is 0.378 e. The van der Waals surface area contributed by atoms with Gasteiger partial charge >= 0.3 is 0 Å². The number of carbonyl (C=O) groups is 1. The molecule has 0 fully saturated rings. The number of hydrogen-bond acceptors (Lipinski definition) is 3. The minimum atomic E-state index is -0.667. The lowest BCUT2D eigenvalue weighted by Gasteiger charge is -2.17. The van der Waals surface area contributed by atoms with Crippen molar-refractivity contribution in [3.05, 3.63) is 59.7 Å². The van der Waals surface area contributed by atoms with Crippen LogP contribution in [0.5, 0.6) is 0 Å². The van der Waals surface area contributed by atoms with Gasteiger partial charge in [-0.3, -0.25) is 4.79 Å². The van der Waals surface area contributed by atoms with Gasteiger partial charge in [0.25, 0.3) is 0 Å². The number of hydrogen-bond donors (Lipinski definition) is 2. The van der Waals surface area contributed by atoms with E-state index in [1.54, 1.807) is 0 Å². The molecular weight excluding hydrogens is 262 g/mol. The summed E-state index contributed by atoms with van der Waals surface area (Å²) in [6.45, 7) is 1.97. The van der Waals surface area contributed by atoms with E-state index >= 15 is 0 Å². The molecule has 2 aromatic rings.